The first-order valence-electron chi connectivity index (χ1n) is 3.71. The van der Waals surface area contributed by atoms with Gasteiger partial charge in [-0.05, 0) is 19.1 Å². The summed E-state index contributed by atoms with van der Waals surface area (Å²) < 4.78 is 22.6. The molecule has 0 unspecified atom stereocenters. The normalized spacial score (nSPS) is 11.2. The van der Waals surface area contributed by atoms with Crippen LogP contribution < -0.4 is 0 Å². The van der Waals surface area contributed by atoms with Gasteiger partial charge >= 0.3 is 0 Å². The minimum absolute atomic E-state index is 0.168. The van der Waals surface area contributed by atoms with E-state index < -0.39 is 15.6 Å². The van der Waals surface area contributed by atoms with Gasteiger partial charge in [0, 0.05) is 0 Å². The van der Waals surface area contributed by atoms with E-state index in [4.69, 9.17) is 0 Å². The molecule has 0 atom stereocenters. The first kappa shape index (κ1) is 9.92. The van der Waals surface area contributed by atoms with Crippen molar-refractivity contribution in [2.75, 3.05) is 5.75 Å². The van der Waals surface area contributed by atoms with Gasteiger partial charge < -0.3 is 0 Å². The standard InChI is InChI=1S/C9H9O3S/c1-8-2-4-9(5-3-8)13(11,12)7-6-10/h2-5H,7H2,1H3. The number of carbonyl (C=O) groups excluding carboxylic acids is 1. The van der Waals surface area contributed by atoms with Crippen molar-refractivity contribution >= 4 is 16.1 Å². The zero-order chi connectivity index (χ0) is 9.90. The average molecular weight is 197 g/mol. The molecule has 0 bridgehead atoms. The lowest BCUT2D eigenvalue weighted by atomic mass is 10.2. The molecule has 0 aliphatic heterocycles. The quantitative estimate of drug-likeness (QED) is 0.722. The zero-order valence-corrected chi connectivity index (χ0v) is 7.97. The van der Waals surface area contributed by atoms with Crippen molar-refractivity contribution < 1.29 is 13.2 Å². The highest BCUT2D eigenvalue weighted by molar-refractivity contribution is 7.92. The van der Waals surface area contributed by atoms with Gasteiger partial charge in [0.05, 0.1) is 4.90 Å². The van der Waals surface area contributed by atoms with Crippen LogP contribution in [0.2, 0.25) is 0 Å². The number of hydrogen-bond donors (Lipinski definition) is 0. The first-order valence-corrected chi connectivity index (χ1v) is 5.36. The molecule has 0 saturated heterocycles. The molecule has 3 nitrogen and oxygen atoms in total. The Morgan fingerprint density at radius 2 is 1.77 bits per heavy atom. The second-order valence-electron chi connectivity index (χ2n) is 2.72. The molecular formula is C9H9O3S. The summed E-state index contributed by atoms with van der Waals surface area (Å²) in [5.41, 5.74) is 0.981. The molecule has 1 aromatic rings. The Kier molecular flexibility index (Phi) is 2.83. The number of benzene rings is 1. The molecular weight excluding hydrogens is 188 g/mol. The molecule has 0 aromatic heterocycles. The van der Waals surface area contributed by atoms with Crippen molar-refractivity contribution in [3.8, 4) is 0 Å². The molecule has 1 rings (SSSR count). The van der Waals surface area contributed by atoms with Gasteiger partial charge in [-0.25, -0.2) is 8.42 Å². The Hall–Kier alpha value is -1.16. The largest absolute Gasteiger partial charge is 0.290 e. The fraction of sp³-hybridized carbons (Fsp3) is 0.222. The lowest BCUT2D eigenvalue weighted by molar-refractivity contribution is 0.557. The van der Waals surface area contributed by atoms with Gasteiger partial charge in [-0.1, -0.05) is 17.7 Å². The predicted octanol–water partition coefficient (Wildman–Crippen LogP) is 0.878. The van der Waals surface area contributed by atoms with Crippen molar-refractivity contribution in [3.05, 3.63) is 29.8 Å². The zero-order valence-electron chi connectivity index (χ0n) is 7.15. The van der Waals surface area contributed by atoms with E-state index in [1.54, 1.807) is 12.1 Å². The van der Waals surface area contributed by atoms with Gasteiger partial charge in [0.25, 0.3) is 0 Å². The van der Waals surface area contributed by atoms with Crippen LogP contribution >= 0.6 is 0 Å². The van der Waals surface area contributed by atoms with E-state index in [2.05, 4.69) is 0 Å². The van der Waals surface area contributed by atoms with Crippen LogP contribution in [-0.4, -0.2) is 20.5 Å². The van der Waals surface area contributed by atoms with E-state index in [0.717, 1.165) is 5.56 Å². The summed E-state index contributed by atoms with van der Waals surface area (Å²) in [4.78, 5) is 10.1. The summed E-state index contributed by atoms with van der Waals surface area (Å²) in [7, 11) is -3.45. The molecule has 0 spiro atoms. The van der Waals surface area contributed by atoms with Crippen LogP contribution in [0.3, 0.4) is 0 Å². The second-order valence-corrected chi connectivity index (χ2v) is 4.71. The van der Waals surface area contributed by atoms with Gasteiger partial charge in [-0.2, -0.15) is 0 Å². The number of aryl methyl sites for hydroxylation is 1. The van der Waals surface area contributed by atoms with Crippen LogP contribution in [0, 0.1) is 6.92 Å². The fourth-order valence-corrected chi connectivity index (χ4v) is 1.78. The third kappa shape index (κ3) is 2.39. The van der Waals surface area contributed by atoms with Crippen LogP contribution in [0.1, 0.15) is 5.56 Å². The van der Waals surface area contributed by atoms with Crippen molar-refractivity contribution in [2.45, 2.75) is 11.8 Å². The van der Waals surface area contributed by atoms with Crippen molar-refractivity contribution in [3.63, 3.8) is 0 Å². The van der Waals surface area contributed by atoms with E-state index in [-0.39, 0.29) is 4.90 Å². The molecule has 0 saturated carbocycles. The minimum atomic E-state index is -3.45. The monoisotopic (exact) mass is 197 g/mol. The number of rotatable bonds is 3. The molecule has 0 amide bonds. The second kappa shape index (κ2) is 3.70. The molecule has 4 heteroatoms. The van der Waals surface area contributed by atoms with Gasteiger partial charge in [0.1, 0.15) is 5.75 Å². The summed E-state index contributed by atoms with van der Waals surface area (Å²) in [5, 5.41) is 0. The molecule has 0 heterocycles. The average Bonchev–Trinajstić information content (AvgIpc) is 2.05. The molecule has 13 heavy (non-hydrogen) atoms. The molecule has 0 aliphatic carbocycles. The van der Waals surface area contributed by atoms with Gasteiger partial charge in [-0.3, -0.25) is 4.79 Å². The maximum Gasteiger partial charge on any atom is 0.214 e. The predicted molar refractivity (Wildman–Crippen MR) is 48.9 cm³/mol. The molecule has 0 N–H and O–H groups in total. The van der Waals surface area contributed by atoms with Crippen LogP contribution in [0.15, 0.2) is 29.2 Å². The third-order valence-corrected chi connectivity index (χ3v) is 3.12. The summed E-state index contributed by atoms with van der Waals surface area (Å²) in [6.45, 7) is 1.86. The van der Waals surface area contributed by atoms with E-state index in [1.165, 1.54) is 18.4 Å². The van der Waals surface area contributed by atoms with Crippen LogP contribution in [-0.2, 0) is 14.6 Å². The van der Waals surface area contributed by atoms with Crippen molar-refractivity contribution in [1.82, 2.24) is 0 Å². The summed E-state index contributed by atoms with van der Waals surface area (Å²) >= 11 is 0. The summed E-state index contributed by atoms with van der Waals surface area (Å²) in [5.74, 6) is -0.573. The smallest absolute Gasteiger partial charge is 0.214 e. The van der Waals surface area contributed by atoms with Gasteiger partial charge in [0.15, 0.2) is 9.84 Å². The third-order valence-electron chi connectivity index (χ3n) is 1.63. The molecule has 1 radical (unpaired) electrons. The Balaban J connectivity index is 3.08. The molecule has 69 valence electrons. The van der Waals surface area contributed by atoms with Crippen LogP contribution in [0.25, 0.3) is 0 Å². The van der Waals surface area contributed by atoms with E-state index in [9.17, 15) is 13.2 Å². The number of hydrogen-bond acceptors (Lipinski definition) is 3. The summed E-state index contributed by atoms with van der Waals surface area (Å²) in [6.07, 6.45) is 1.38. The Morgan fingerprint density at radius 3 is 2.23 bits per heavy atom. The molecule has 1 aromatic carbocycles. The topological polar surface area (TPSA) is 51.2 Å². The number of sulfone groups is 1. The van der Waals surface area contributed by atoms with E-state index in [0.29, 0.717) is 0 Å². The van der Waals surface area contributed by atoms with Gasteiger partial charge in [-0.15, -0.1) is 0 Å². The molecule has 0 aliphatic rings. The van der Waals surface area contributed by atoms with Gasteiger partial charge in [0.2, 0.25) is 6.29 Å². The van der Waals surface area contributed by atoms with Crippen LogP contribution in [0.5, 0.6) is 0 Å². The lowest BCUT2D eigenvalue weighted by Gasteiger charge is -1.99. The SMILES string of the molecule is Cc1ccc(S(=O)(=O)C[C]=O)cc1. The first-order chi connectivity index (χ1) is 6.06. The maximum absolute atomic E-state index is 11.3. The fourth-order valence-electron chi connectivity index (χ4n) is 0.907. The summed E-state index contributed by atoms with van der Waals surface area (Å²) in [6, 6.07) is 6.36. The minimum Gasteiger partial charge on any atom is -0.290 e. The van der Waals surface area contributed by atoms with E-state index in [1.807, 2.05) is 6.92 Å². The highest BCUT2D eigenvalue weighted by Gasteiger charge is 2.12. The van der Waals surface area contributed by atoms with Crippen molar-refractivity contribution in [2.24, 2.45) is 0 Å². The van der Waals surface area contributed by atoms with Crippen molar-refractivity contribution in [1.29, 1.82) is 0 Å². The Bertz CT molecular complexity index is 389. The van der Waals surface area contributed by atoms with E-state index >= 15 is 0 Å². The Morgan fingerprint density at radius 1 is 1.23 bits per heavy atom. The van der Waals surface area contributed by atoms with Crippen LogP contribution in [0.4, 0.5) is 0 Å². The molecule has 0 fully saturated rings. The highest BCUT2D eigenvalue weighted by Crippen LogP contribution is 2.10. The lowest BCUT2D eigenvalue weighted by Crippen LogP contribution is -2.07. The Labute approximate surface area is 77.3 Å². The maximum atomic E-state index is 11.3. The highest BCUT2D eigenvalue weighted by atomic mass is 32.2.